The molecule has 48 heteroatoms. The van der Waals surface area contributed by atoms with Crippen molar-refractivity contribution >= 4 is 145 Å². The van der Waals surface area contributed by atoms with Gasteiger partial charge in [0.05, 0.1) is 64.1 Å². The van der Waals surface area contributed by atoms with Crippen LogP contribution in [0, 0.1) is 6.92 Å². The molecule has 564 valence electrons. The third-order valence-corrected chi connectivity index (χ3v) is 16.6. The van der Waals surface area contributed by atoms with Crippen LogP contribution in [0.4, 0.5) is 5.82 Å². The molecule has 0 aliphatic carbocycles. The molecule has 0 bridgehead atoms. The van der Waals surface area contributed by atoms with Gasteiger partial charge in [-0.25, -0.2) is 128 Å². The molecule has 11 N–H and O–H groups in total. The maximum absolute atomic E-state index is 11.0. The number of rotatable bonds is 13. The highest BCUT2D eigenvalue weighted by atomic mass is 28.3. The number of aromatic nitrogens is 28. The van der Waals surface area contributed by atoms with Gasteiger partial charge >= 0.3 is 47.8 Å². The Labute approximate surface area is 612 Å². The first-order chi connectivity index (χ1) is 52.3. The van der Waals surface area contributed by atoms with Gasteiger partial charge in [-0.05, 0) is 25.1 Å². The fraction of sp³-hybridized carbons (Fsp3) is 0.194. The smallest absolute Gasteiger partial charge is 0.356 e. The number of carbonyl (C=O) groups is 9. The first-order valence-corrected chi connectivity index (χ1v) is 34.9. The van der Waals surface area contributed by atoms with Gasteiger partial charge in [0.2, 0.25) is 5.91 Å². The zero-order chi connectivity index (χ0) is 79.8. The van der Waals surface area contributed by atoms with Gasteiger partial charge in [0, 0.05) is 60.8 Å². The van der Waals surface area contributed by atoms with Gasteiger partial charge in [-0.2, -0.15) is 15.3 Å². The summed E-state index contributed by atoms with van der Waals surface area (Å²) >= 11 is 0. The summed E-state index contributed by atoms with van der Waals surface area (Å²) in [4.78, 5) is 168. The highest BCUT2D eigenvalue weighted by Crippen LogP contribution is 2.23. The van der Waals surface area contributed by atoms with Gasteiger partial charge in [-0.3, -0.25) is 23.8 Å². The molecule has 0 radical (unpaired) electrons. The summed E-state index contributed by atoms with van der Waals surface area (Å²) in [5, 5.41) is 89.4. The van der Waals surface area contributed by atoms with E-state index in [0.717, 1.165) is 12.4 Å². The number of H-pyrrole nitrogens is 2. The highest BCUT2D eigenvalue weighted by molar-refractivity contribution is 6.76. The average Bonchev–Trinajstić information content (AvgIpc) is 1.62. The first-order valence-electron chi connectivity index (χ1n) is 31.2. The minimum absolute atomic E-state index is 0.000556. The van der Waals surface area contributed by atoms with Crippen LogP contribution >= 0.6 is 0 Å². The number of amides is 1. The van der Waals surface area contributed by atoms with Crippen molar-refractivity contribution in [2.75, 3.05) is 11.9 Å². The molecule has 47 nitrogen and oxygen atoms in total. The summed E-state index contributed by atoms with van der Waals surface area (Å²) in [6.07, 6.45) is 19.0. The Morgan fingerprint density at radius 3 is 1.55 bits per heavy atom. The Hall–Kier alpha value is -15.5. The number of nitrogens with one attached hydrogen (secondary N) is 3. The number of hydrogen-bond acceptors (Lipinski definition) is 31. The molecule has 0 spiro atoms. The van der Waals surface area contributed by atoms with Crippen molar-refractivity contribution in [2.45, 2.75) is 45.8 Å². The van der Waals surface area contributed by atoms with Gasteiger partial charge in [-0.15, -0.1) is 0 Å². The maximum Gasteiger partial charge on any atom is 0.356 e. The van der Waals surface area contributed by atoms with Gasteiger partial charge in [0.15, 0.2) is 73.8 Å². The number of ether oxygens (including phenoxy) is 1. The molecule has 0 atom stereocenters. The number of carboxylic acid groups (broad SMARTS) is 8. The van der Waals surface area contributed by atoms with Crippen molar-refractivity contribution in [3.8, 4) is 0 Å². The fourth-order valence-corrected chi connectivity index (χ4v) is 10.5. The largest absolute Gasteiger partial charge is 0.476 e. The van der Waals surface area contributed by atoms with Gasteiger partial charge in [0.25, 0.3) is 0 Å². The Balaban J connectivity index is 0.000000145. The second kappa shape index (κ2) is 34.4. The third-order valence-electron chi connectivity index (χ3n) is 14.9. The zero-order valence-corrected chi connectivity index (χ0v) is 59.4. The first kappa shape index (κ1) is 78.6. The lowest BCUT2D eigenvalue weighted by Crippen LogP contribution is -2.22. The molecule has 0 saturated heterocycles. The van der Waals surface area contributed by atoms with Crippen molar-refractivity contribution in [2.24, 2.45) is 28.2 Å². The van der Waals surface area contributed by atoms with Crippen LogP contribution in [0.2, 0.25) is 25.7 Å². The van der Waals surface area contributed by atoms with Crippen LogP contribution in [0.1, 0.15) is 95.2 Å². The highest BCUT2D eigenvalue weighted by Gasteiger charge is 2.26. The molecule has 16 rings (SSSR count). The third kappa shape index (κ3) is 18.5. The number of carboxylic acids is 8. The molecule has 0 saturated carbocycles. The van der Waals surface area contributed by atoms with Crippen molar-refractivity contribution in [1.29, 1.82) is 0 Å². The molecule has 110 heavy (non-hydrogen) atoms. The summed E-state index contributed by atoms with van der Waals surface area (Å²) in [5.41, 5.74) is 5.02. The molecule has 15 aromatic heterocycles. The van der Waals surface area contributed by atoms with E-state index in [9.17, 15) is 43.2 Å². The van der Waals surface area contributed by atoms with Crippen LogP contribution in [0.5, 0.6) is 0 Å². The zero-order valence-electron chi connectivity index (χ0n) is 58.4. The van der Waals surface area contributed by atoms with E-state index in [1.165, 1.54) is 74.0 Å². The summed E-state index contributed by atoms with van der Waals surface area (Å²) in [6, 6.07) is 4.41. The van der Waals surface area contributed by atoms with E-state index < -0.39 is 55.8 Å². The molecule has 0 unspecified atom stereocenters. The van der Waals surface area contributed by atoms with Crippen LogP contribution in [-0.2, 0) is 50.9 Å². The Bertz CT molecular complexity index is 5700. The fourth-order valence-electron chi connectivity index (χ4n) is 9.78. The van der Waals surface area contributed by atoms with E-state index in [1.54, 1.807) is 78.0 Å². The van der Waals surface area contributed by atoms with Crippen LogP contribution in [0.25, 0.3) is 77.5 Å². The summed E-state index contributed by atoms with van der Waals surface area (Å²) in [5.74, 6) is -8.57. The second-order valence-electron chi connectivity index (χ2n) is 23.5. The van der Waals surface area contributed by atoms with E-state index in [0.29, 0.717) is 102 Å². The second-order valence-corrected chi connectivity index (χ2v) is 29.1. The normalized spacial score (nSPS) is 11.1. The predicted octanol–water partition coefficient (Wildman–Crippen LogP) is 3.37. The maximum atomic E-state index is 11.0. The molecular formula is C62H59N29O18Si. The Kier molecular flexibility index (Phi) is 24.6. The van der Waals surface area contributed by atoms with Crippen LogP contribution in [-0.4, -0.2) is 247 Å². The van der Waals surface area contributed by atoms with E-state index in [4.69, 9.17) is 45.6 Å². The van der Waals surface area contributed by atoms with Crippen molar-refractivity contribution in [1.82, 2.24) is 138 Å². The minimum Gasteiger partial charge on any atom is -0.476 e. The monoisotopic (exact) mass is 1530 g/mol. The summed E-state index contributed by atoms with van der Waals surface area (Å²) in [6.45, 7) is 9.60. The lowest BCUT2D eigenvalue weighted by Gasteiger charge is -2.15. The molecule has 1 amide bonds. The van der Waals surface area contributed by atoms with Crippen LogP contribution < -0.4 is 5.32 Å². The minimum atomic E-state index is -1.14. The number of anilines is 1. The predicted molar refractivity (Wildman–Crippen MR) is 377 cm³/mol. The number of aryl methyl sites for hydroxylation is 5. The quantitative estimate of drug-likeness (QED) is 0.0582. The Morgan fingerprint density at radius 1 is 0.473 bits per heavy atom. The summed E-state index contributed by atoms with van der Waals surface area (Å²) < 4.78 is 13.7. The molecule has 15 aromatic rings. The average molecular weight is 1530 g/mol. The van der Waals surface area contributed by atoms with Gasteiger partial charge in [0.1, 0.15) is 85.5 Å². The molecule has 16 heterocycles. The summed E-state index contributed by atoms with van der Waals surface area (Å²) in [7, 11) is 5.85. The van der Waals surface area contributed by atoms with E-state index in [1.807, 2.05) is 0 Å². The van der Waals surface area contributed by atoms with Crippen molar-refractivity contribution in [3.05, 3.63) is 157 Å². The molecule has 1 aliphatic heterocycles. The SMILES string of the molecule is C[Si](C)(C)CCOCn1cnc2c(C(=O)O)ncnc21.Cc1nn(C)c2ncnc(C(=O)O)c12.Cn1ccc2c(C(=O)O)ncnc21.Cn1cnc2c(C(=O)O)ncnc21.Cn1ncc2c(C(=O)O)ncnc21.O=C(O)c1ncnc2[nH]ccc12.O=C(O)c1ncnc2[nH]ncc12.O=C1Cc2c(ncnc2C(=O)O)N1. The molecule has 0 fully saturated rings. The number of carbonyl (C=O) groups excluding carboxylic acids is 1. The number of imidazole rings is 2. The standard InChI is InChI=1S/C12H18N4O3Si.C8H8N4O2.C8H7N3O2.2C7H6N4O2.C7H5N3O3.C7H5N3O2.C6H4N4O2/c1-20(2,3)5-4-19-8-16-7-15-9-10(12(17)18)13-6-14-11(9)16;1-4-5-6(8(13)14)9-3-10-7(5)12(2)11-4;1-11-3-2-5-6(8(12)13)9-4-10-7(5)11;1-11-3-10-4-5(7(12)13)8-2-9-6(4)11;1-11-6-4(2-10-11)5(7(12)13)8-3-9-6;11-4-1-3-5(7(12)13)8-2-9-6(3)10-4;11-7(12)5-4-1-2-8-6(4)10-3-9-5;11-6(12)4-3-1-9-10-5(3)8-2-7-4/h6-7H,4-5,8H2,1-3H3,(H,17,18);3H,1-2H3,(H,13,14);2-4H,1H3,(H,12,13);2*2-3H,1H3,(H,12,13);2H,1H2,(H,12,13)(H,8,9,10,11);1-3H,(H,11,12)(H,8,9,10);1-2H,(H,11,12)(H,7,8,9,10). The number of aromatic carboxylic acids is 8. The van der Waals surface area contributed by atoms with Crippen molar-refractivity contribution < 1.29 is 88.7 Å². The Morgan fingerprint density at radius 2 is 0.955 bits per heavy atom. The lowest BCUT2D eigenvalue weighted by molar-refractivity contribution is -0.115. The number of hydrogen-bond donors (Lipinski definition) is 11. The van der Waals surface area contributed by atoms with Gasteiger partial charge in [-0.1, -0.05) is 19.6 Å². The van der Waals surface area contributed by atoms with Gasteiger partial charge < -0.3 is 65.0 Å². The molecular weight excluding hydrogens is 1470 g/mol. The van der Waals surface area contributed by atoms with E-state index >= 15 is 0 Å². The van der Waals surface area contributed by atoms with Crippen molar-refractivity contribution in [3.63, 3.8) is 0 Å². The van der Waals surface area contributed by atoms with E-state index in [2.05, 4.69) is 140 Å². The van der Waals surface area contributed by atoms with Crippen LogP contribution in [0.3, 0.4) is 0 Å². The number of nitrogens with zero attached hydrogens (tertiary/aromatic N) is 26. The number of fused-ring (bicyclic) bond motifs is 8. The number of aromatic amines is 2. The molecule has 0 aromatic carbocycles. The topological polar surface area (TPSA) is 664 Å². The molecule has 1 aliphatic rings. The lowest BCUT2D eigenvalue weighted by atomic mass is 10.2. The van der Waals surface area contributed by atoms with E-state index in [-0.39, 0.29) is 63.4 Å². The van der Waals surface area contributed by atoms with Crippen LogP contribution in [0.15, 0.2) is 100 Å².